The molecule has 286 valence electrons. The summed E-state index contributed by atoms with van der Waals surface area (Å²) in [5.41, 5.74) is 21.2. The van der Waals surface area contributed by atoms with E-state index in [2.05, 4.69) is 220 Å². The van der Waals surface area contributed by atoms with Gasteiger partial charge in [-0.25, -0.2) is 4.98 Å². The highest BCUT2D eigenvalue weighted by atomic mass is 16.5. The Bertz CT molecular complexity index is 3650. The smallest absolute Gasteiger partial charge is 0.247 e. The average molecular weight is 789 g/mol. The maximum Gasteiger partial charge on any atom is 0.247 e. The van der Waals surface area contributed by atoms with Crippen LogP contribution in [0.5, 0.6) is 11.5 Å². The summed E-state index contributed by atoms with van der Waals surface area (Å²) in [4.78, 5) is 7.90. The van der Waals surface area contributed by atoms with Gasteiger partial charge in [-0.3, -0.25) is 8.97 Å². The second kappa shape index (κ2) is 12.7. The standard InChI is InChI=1S/C55H34B2N4O/c1-3-17-35(18-4-1)37-21-7-9-23-39(37)56-41-25-15-30-48-53(41)61(55-58-45-27-11-12-28-46(45)60(48)55)50-34-43-49(33-44(50)56)59-47-29-13-14-31-51(47)62-52-32-16-26-42(54(52)59)57(43)40-24-10-8-22-38(40)36-19-5-2-6-20-36/h1-34H. The van der Waals surface area contributed by atoms with Gasteiger partial charge in [-0.05, 0) is 92.6 Å². The first-order chi connectivity index (χ1) is 30.8. The second-order valence-electron chi connectivity index (χ2n) is 16.6. The molecule has 3 aliphatic heterocycles. The number of fused-ring (bicyclic) bond motifs is 11. The van der Waals surface area contributed by atoms with Gasteiger partial charge in [0.1, 0.15) is 0 Å². The minimum absolute atomic E-state index is 0.0863. The molecule has 0 atom stereocenters. The number of hydrogen-bond acceptors (Lipinski definition) is 3. The number of anilines is 3. The number of imidazole rings is 2. The van der Waals surface area contributed by atoms with Crippen molar-refractivity contribution in [2.45, 2.75) is 0 Å². The predicted octanol–water partition coefficient (Wildman–Crippen LogP) is 9.00. The summed E-state index contributed by atoms with van der Waals surface area (Å²) in [5, 5.41) is 0. The molecule has 2 aromatic heterocycles. The van der Waals surface area contributed by atoms with E-state index in [0.717, 1.165) is 56.6 Å². The molecule has 0 saturated heterocycles. The van der Waals surface area contributed by atoms with Gasteiger partial charge < -0.3 is 9.64 Å². The Morgan fingerprint density at radius 2 is 0.952 bits per heavy atom. The lowest BCUT2D eigenvalue weighted by Crippen LogP contribution is -2.61. The van der Waals surface area contributed by atoms with Gasteiger partial charge >= 0.3 is 0 Å². The third-order valence-electron chi connectivity index (χ3n) is 13.4. The number of hydrogen-bond donors (Lipinski definition) is 0. The number of rotatable bonds is 4. The van der Waals surface area contributed by atoms with Crippen LogP contribution in [-0.2, 0) is 0 Å². The topological polar surface area (TPSA) is 34.7 Å². The third kappa shape index (κ3) is 4.57. The van der Waals surface area contributed by atoms with Crippen molar-refractivity contribution in [1.82, 2.24) is 14.0 Å². The van der Waals surface area contributed by atoms with Crippen LogP contribution in [0.3, 0.4) is 0 Å². The van der Waals surface area contributed by atoms with E-state index in [-0.39, 0.29) is 13.4 Å². The molecule has 0 aliphatic carbocycles. The van der Waals surface area contributed by atoms with Crippen molar-refractivity contribution in [3.05, 3.63) is 206 Å². The molecular formula is C55H34B2N4O. The average Bonchev–Trinajstić information content (AvgIpc) is 3.88. The van der Waals surface area contributed by atoms with Crippen LogP contribution >= 0.6 is 0 Å². The lowest BCUT2D eigenvalue weighted by Gasteiger charge is -2.42. The third-order valence-corrected chi connectivity index (χ3v) is 13.4. The zero-order valence-corrected chi connectivity index (χ0v) is 33.5. The lowest BCUT2D eigenvalue weighted by molar-refractivity contribution is 0.477. The van der Waals surface area contributed by atoms with Gasteiger partial charge in [-0.15, -0.1) is 0 Å². The zero-order chi connectivity index (χ0) is 40.5. The number of para-hydroxylation sites is 6. The summed E-state index contributed by atoms with van der Waals surface area (Å²) >= 11 is 0. The summed E-state index contributed by atoms with van der Waals surface area (Å²) in [6, 6.07) is 75.0. The molecule has 0 N–H and O–H groups in total. The van der Waals surface area contributed by atoms with Gasteiger partial charge in [0, 0.05) is 11.4 Å². The highest BCUT2D eigenvalue weighted by Crippen LogP contribution is 2.51. The highest BCUT2D eigenvalue weighted by molar-refractivity contribution is 7.00. The van der Waals surface area contributed by atoms with Gasteiger partial charge in [0.05, 0.1) is 33.4 Å². The summed E-state index contributed by atoms with van der Waals surface area (Å²) < 4.78 is 11.6. The molecule has 62 heavy (non-hydrogen) atoms. The quantitative estimate of drug-likeness (QED) is 0.167. The molecule has 5 heterocycles. The molecule has 9 aromatic carbocycles. The van der Waals surface area contributed by atoms with E-state index >= 15 is 0 Å². The van der Waals surface area contributed by atoms with E-state index in [1.54, 1.807) is 0 Å². The maximum atomic E-state index is 6.80. The zero-order valence-electron chi connectivity index (χ0n) is 33.5. The highest BCUT2D eigenvalue weighted by Gasteiger charge is 2.44. The van der Waals surface area contributed by atoms with Crippen LogP contribution in [0.1, 0.15) is 0 Å². The molecule has 5 nitrogen and oxygen atoms in total. The fourth-order valence-electron chi connectivity index (χ4n) is 11.0. The first kappa shape index (κ1) is 33.8. The fourth-order valence-corrected chi connectivity index (χ4v) is 11.0. The minimum atomic E-state index is -0.111. The number of ether oxygens (including phenoxy) is 1. The predicted molar refractivity (Wildman–Crippen MR) is 257 cm³/mol. The molecule has 14 rings (SSSR count). The summed E-state index contributed by atoms with van der Waals surface area (Å²) in [5.74, 6) is 2.63. The Labute approximate surface area is 358 Å². The summed E-state index contributed by atoms with van der Waals surface area (Å²) in [7, 11) is 0. The van der Waals surface area contributed by atoms with Crippen molar-refractivity contribution >= 4 is 91.1 Å². The Balaban J connectivity index is 1.15. The number of benzene rings is 9. The van der Waals surface area contributed by atoms with Crippen LogP contribution in [-0.4, -0.2) is 27.4 Å². The Morgan fingerprint density at radius 3 is 1.73 bits per heavy atom. The normalized spacial score (nSPS) is 13.2. The monoisotopic (exact) mass is 788 g/mol. The first-order valence-corrected chi connectivity index (χ1v) is 21.4. The molecular weight excluding hydrogens is 754 g/mol. The van der Waals surface area contributed by atoms with Gasteiger partial charge in [-0.1, -0.05) is 169 Å². The SMILES string of the molecule is c1ccc(-c2ccccc2B2c3cc4c(cc3N3c5ccccc5Oc5cccc2c53)B(c2ccccc2-c2ccccc2)c2cccc3c2n-4c2nc4ccccc4n32)cc1. The largest absolute Gasteiger partial charge is 0.453 e. The Morgan fingerprint density at radius 1 is 0.403 bits per heavy atom. The van der Waals surface area contributed by atoms with Gasteiger partial charge in [0.15, 0.2) is 11.5 Å². The van der Waals surface area contributed by atoms with Crippen molar-refractivity contribution in [2.24, 2.45) is 0 Å². The van der Waals surface area contributed by atoms with Crippen LogP contribution in [0.15, 0.2) is 206 Å². The van der Waals surface area contributed by atoms with Gasteiger partial charge in [-0.2, -0.15) is 0 Å². The number of nitrogens with zero attached hydrogens (tertiary/aromatic N) is 4. The Kier molecular flexibility index (Phi) is 6.94. The van der Waals surface area contributed by atoms with Gasteiger partial charge in [0.25, 0.3) is 0 Å². The summed E-state index contributed by atoms with van der Waals surface area (Å²) in [6.07, 6.45) is 0. The molecule has 0 saturated carbocycles. The van der Waals surface area contributed by atoms with E-state index in [0.29, 0.717) is 0 Å². The van der Waals surface area contributed by atoms with Crippen LogP contribution in [0.25, 0.3) is 55.8 Å². The van der Waals surface area contributed by atoms with Crippen LogP contribution in [0.4, 0.5) is 17.1 Å². The van der Waals surface area contributed by atoms with Crippen LogP contribution < -0.4 is 42.4 Å². The van der Waals surface area contributed by atoms with Crippen molar-refractivity contribution in [1.29, 1.82) is 0 Å². The second-order valence-corrected chi connectivity index (χ2v) is 16.6. The van der Waals surface area contributed by atoms with Crippen molar-refractivity contribution < 1.29 is 4.74 Å². The lowest BCUT2D eigenvalue weighted by atomic mass is 9.32. The maximum absolute atomic E-state index is 6.80. The molecule has 0 radical (unpaired) electrons. The number of aromatic nitrogens is 3. The minimum Gasteiger partial charge on any atom is -0.453 e. The first-order valence-electron chi connectivity index (χ1n) is 21.4. The van der Waals surface area contributed by atoms with Crippen molar-refractivity contribution in [3.8, 4) is 39.4 Å². The van der Waals surface area contributed by atoms with Crippen LogP contribution in [0, 0.1) is 0 Å². The molecule has 0 amide bonds. The molecule has 3 aliphatic rings. The van der Waals surface area contributed by atoms with Crippen LogP contribution in [0.2, 0.25) is 0 Å². The van der Waals surface area contributed by atoms with Crippen molar-refractivity contribution in [2.75, 3.05) is 4.90 Å². The van der Waals surface area contributed by atoms with E-state index < -0.39 is 0 Å². The van der Waals surface area contributed by atoms with Gasteiger partial charge in [0.2, 0.25) is 19.2 Å². The molecule has 0 unspecified atom stereocenters. The fraction of sp³-hybridized carbons (Fsp3) is 0. The molecule has 0 spiro atoms. The van der Waals surface area contributed by atoms with E-state index in [1.807, 2.05) is 0 Å². The molecule has 0 bridgehead atoms. The molecule has 0 fully saturated rings. The Hall–Kier alpha value is -8.02. The van der Waals surface area contributed by atoms with E-state index in [1.165, 1.54) is 60.5 Å². The molecule has 11 aromatic rings. The summed E-state index contributed by atoms with van der Waals surface area (Å²) in [6.45, 7) is -0.198. The van der Waals surface area contributed by atoms with E-state index in [4.69, 9.17) is 9.72 Å². The van der Waals surface area contributed by atoms with E-state index in [9.17, 15) is 0 Å². The van der Waals surface area contributed by atoms with Crippen molar-refractivity contribution in [3.63, 3.8) is 0 Å². The molecule has 7 heteroatoms.